The third-order valence-electron chi connectivity index (χ3n) is 4.41. The van der Waals surface area contributed by atoms with Gasteiger partial charge in [-0.05, 0) is 26.7 Å². The molecule has 0 unspecified atom stereocenters. The van der Waals surface area contributed by atoms with Crippen LogP contribution in [0.3, 0.4) is 0 Å². The van der Waals surface area contributed by atoms with Crippen LogP contribution in [0.15, 0.2) is 11.6 Å². The molecule has 0 aliphatic carbocycles. The lowest BCUT2D eigenvalue weighted by molar-refractivity contribution is 0.0161. The Hall–Kier alpha value is -0.450. The van der Waals surface area contributed by atoms with Gasteiger partial charge in [0.05, 0.1) is 6.54 Å². The Labute approximate surface area is 115 Å². The third kappa shape index (κ3) is 2.76. The van der Waals surface area contributed by atoms with Crippen molar-refractivity contribution < 1.29 is 0 Å². The Balaban J connectivity index is 2.13. The number of hydrogen-bond donors (Lipinski definition) is 1. The predicted molar refractivity (Wildman–Crippen MR) is 77.9 cm³/mol. The number of thiazole rings is 1. The Kier molecular flexibility index (Phi) is 4.09. The maximum Gasteiger partial charge on any atom is 0.107 e. The molecule has 0 saturated carbocycles. The summed E-state index contributed by atoms with van der Waals surface area (Å²) >= 11 is 1.76. The summed E-state index contributed by atoms with van der Waals surface area (Å²) in [5.74, 6) is 0. The zero-order valence-electron chi connectivity index (χ0n) is 12.0. The lowest BCUT2D eigenvalue weighted by Crippen LogP contribution is -2.67. The molecule has 0 atom stereocenters. The molecule has 2 rings (SSSR count). The molecule has 1 saturated heterocycles. The van der Waals surface area contributed by atoms with Crippen molar-refractivity contribution in [1.29, 1.82) is 0 Å². The topological polar surface area (TPSA) is 28.2 Å². The first-order valence-corrected chi connectivity index (χ1v) is 7.78. The highest BCUT2D eigenvalue weighted by Gasteiger charge is 2.40. The van der Waals surface area contributed by atoms with E-state index in [1.165, 1.54) is 17.8 Å². The molecule has 1 fully saturated rings. The van der Waals surface area contributed by atoms with Gasteiger partial charge in [-0.25, -0.2) is 4.98 Å². The molecule has 18 heavy (non-hydrogen) atoms. The largest absolute Gasteiger partial charge is 0.308 e. The van der Waals surface area contributed by atoms with Crippen LogP contribution in [0.25, 0.3) is 0 Å². The normalized spacial score (nSPS) is 23.1. The standard InChI is InChI=1S/C14H25N3S/c1-5-14(6-2)11-17(13(3,4)10-16-14)9-12-15-7-8-18-12/h7-8,16H,5-6,9-11H2,1-4H3. The van der Waals surface area contributed by atoms with Crippen molar-refractivity contribution in [2.24, 2.45) is 0 Å². The molecule has 0 amide bonds. The second-order valence-electron chi connectivity index (χ2n) is 5.94. The van der Waals surface area contributed by atoms with E-state index in [9.17, 15) is 0 Å². The second kappa shape index (κ2) is 5.27. The molecule has 102 valence electrons. The first-order valence-electron chi connectivity index (χ1n) is 6.90. The fraction of sp³-hybridized carbons (Fsp3) is 0.786. The van der Waals surface area contributed by atoms with Gasteiger partial charge in [0.2, 0.25) is 0 Å². The quantitative estimate of drug-likeness (QED) is 0.909. The Bertz CT molecular complexity index is 368. The minimum atomic E-state index is 0.208. The van der Waals surface area contributed by atoms with Crippen LogP contribution in [0.2, 0.25) is 0 Å². The van der Waals surface area contributed by atoms with Crippen molar-refractivity contribution in [3.05, 3.63) is 16.6 Å². The highest BCUT2D eigenvalue weighted by molar-refractivity contribution is 7.09. The van der Waals surface area contributed by atoms with Crippen LogP contribution in [0.4, 0.5) is 0 Å². The Morgan fingerprint density at radius 1 is 1.39 bits per heavy atom. The van der Waals surface area contributed by atoms with Gasteiger partial charge in [0.1, 0.15) is 5.01 Å². The maximum atomic E-state index is 4.43. The SMILES string of the molecule is CCC1(CC)CN(Cc2nccs2)C(C)(C)CN1. The summed E-state index contributed by atoms with van der Waals surface area (Å²) in [6, 6.07) is 0. The Morgan fingerprint density at radius 3 is 2.67 bits per heavy atom. The Morgan fingerprint density at radius 2 is 2.11 bits per heavy atom. The van der Waals surface area contributed by atoms with Gasteiger partial charge in [0.15, 0.2) is 0 Å². The van der Waals surface area contributed by atoms with Gasteiger partial charge in [-0.3, -0.25) is 4.90 Å². The smallest absolute Gasteiger partial charge is 0.107 e. The van der Waals surface area contributed by atoms with Crippen molar-refractivity contribution >= 4 is 11.3 Å². The monoisotopic (exact) mass is 267 g/mol. The molecule has 4 heteroatoms. The summed E-state index contributed by atoms with van der Waals surface area (Å²) in [5, 5.41) is 7.07. The van der Waals surface area contributed by atoms with Gasteiger partial charge in [0, 0.05) is 35.7 Å². The number of piperazine rings is 1. The van der Waals surface area contributed by atoms with Crippen molar-refractivity contribution in [3.63, 3.8) is 0 Å². The molecule has 1 aromatic rings. The van der Waals surface area contributed by atoms with E-state index >= 15 is 0 Å². The molecule has 0 radical (unpaired) electrons. The fourth-order valence-corrected chi connectivity index (χ4v) is 3.27. The van der Waals surface area contributed by atoms with E-state index in [1.54, 1.807) is 11.3 Å². The number of nitrogens with one attached hydrogen (secondary N) is 1. The van der Waals surface area contributed by atoms with Crippen LogP contribution < -0.4 is 5.32 Å². The minimum Gasteiger partial charge on any atom is -0.308 e. The van der Waals surface area contributed by atoms with E-state index in [0.29, 0.717) is 0 Å². The van der Waals surface area contributed by atoms with Crippen LogP contribution in [-0.2, 0) is 6.54 Å². The van der Waals surface area contributed by atoms with E-state index in [-0.39, 0.29) is 11.1 Å². The van der Waals surface area contributed by atoms with Crippen LogP contribution in [0.1, 0.15) is 45.5 Å². The summed E-state index contributed by atoms with van der Waals surface area (Å²) in [5.41, 5.74) is 0.492. The molecule has 0 aromatic carbocycles. The average Bonchev–Trinajstić information content (AvgIpc) is 2.85. The molecule has 0 spiro atoms. The predicted octanol–water partition coefficient (Wildman–Crippen LogP) is 2.89. The molecular formula is C14H25N3S. The van der Waals surface area contributed by atoms with Crippen molar-refractivity contribution in [3.8, 4) is 0 Å². The maximum absolute atomic E-state index is 4.43. The van der Waals surface area contributed by atoms with E-state index in [4.69, 9.17) is 0 Å². The van der Waals surface area contributed by atoms with E-state index in [2.05, 4.69) is 48.3 Å². The molecule has 1 aliphatic rings. The van der Waals surface area contributed by atoms with Gasteiger partial charge in [0.25, 0.3) is 0 Å². The molecule has 1 aromatic heterocycles. The molecule has 2 heterocycles. The molecular weight excluding hydrogens is 242 g/mol. The van der Waals surface area contributed by atoms with Gasteiger partial charge < -0.3 is 5.32 Å². The summed E-state index contributed by atoms with van der Waals surface area (Å²) in [6.07, 6.45) is 4.28. The summed E-state index contributed by atoms with van der Waals surface area (Å²) in [4.78, 5) is 7.02. The second-order valence-corrected chi connectivity index (χ2v) is 6.91. The molecule has 0 bridgehead atoms. The van der Waals surface area contributed by atoms with E-state index < -0.39 is 0 Å². The fourth-order valence-electron chi connectivity index (χ4n) is 2.64. The number of rotatable bonds is 4. The first kappa shape index (κ1) is 14.0. The van der Waals surface area contributed by atoms with Crippen LogP contribution >= 0.6 is 11.3 Å². The lowest BCUT2D eigenvalue weighted by Gasteiger charge is -2.51. The highest BCUT2D eigenvalue weighted by atomic mass is 32.1. The zero-order valence-corrected chi connectivity index (χ0v) is 12.8. The number of hydrogen-bond acceptors (Lipinski definition) is 4. The van der Waals surface area contributed by atoms with Crippen molar-refractivity contribution in [2.45, 2.75) is 58.2 Å². The van der Waals surface area contributed by atoms with Crippen molar-refractivity contribution in [1.82, 2.24) is 15.2 Å². The summed E-state index contributed by atoms with van der Waals surface area (Å²) in [6.45, 7) is 12.4. The average molecular weight is 267 g/mol. The summed E-state index contributed by atoms with van der Waals surface area (Å²) < 4.78 is 0. The number of aromatic nitrogens is 1. The third-order valence-corrected chi connectivity index (χ3v) is 5.17. The van der Waals surface area contributed by atoms with Gasteiger partial charge >= 0.3 is 0 Å². The molecule has 1 N–H and O–H groups in total. The van der Waals surface area contributed by atoms with E-state index in [1.807, 2.05) is 6.20 Å². The van der Waals surface area contributed by atoms with Gasteiger partial charge in [-0.2, -0.15) is 0 Å². The van der Waals surface area contributed by atoms with Crippen LogP contribution in [-0.4, -0.2) is 34.1 Å². The first-order chi connectivity index (χ1) is 8.51. The summed E-state index contributed by atoms with van der Waals surface area (Å²) in [7, 11) is 0. The molecule has 1 aliphatic heterocycles. The minimum absolute atomic E-state index is 0.208. The van der Waals surface area contributed by atoms with Gasteiger partial charge in [-0.15, -0.1) is 11.3 Å². The molecule has 3 nitrogen and oxygen atoms in total. The highest BCUT2D eigenvalue weighted by Crippen LogP contribution is 2.29. The van der Waals surface area contributed by atoms with E-state index in [0.717, 1.165) is 19.6 Å². The van der Waals surface area contributed by atoms with Crippen molar-refractivity contribution in [2.75, 3.05) is 13.1 Å². The van der Waals surface area contributed by atoms with Crippen LogP contribution in [0.5, 0.6) is 0 Å². The number of nitrogens with zero attached hydrogens (tertiary/aromatic N) is 2. The lowest BCUT2D eigenvalue weighted by atomic mass is 9.85. The zero-order chi connectivity index (χ0) is 13.2. The van der Waals surface area contributed by atoms with Gasteiger partial charge in [-0.1, -0.05) is 13.8 Å². The van der Waals surface area contributed by atoms with Crippen LogP contribution in [0, 0.1) is 0 Å².